The maximum absolute atomic E-state index is 12.7. The normalized spacial score (nSPS) is 19.8. The van der Waals surface area contributed by atoms with E-state index in [1.165, 1.54) is 4.90 Å². The van der Waals surface area contributed by atoms with Crippen LogP contribution in [0.25, 0.3) is 5.76 Å². The Kier molecular flexibility index (Phi) is 3.55. The molecule has 23 heavy (non-hydrogen) atoms. The number of benzene rings is 1. The molecule has 1 unspecified atom stereocenters. The number of aromatic nitrogens is 1. The highest BCUT2D eigenvalue weighted by molar-refractivity contribution is 7.99. The molecule has 1 amide bonds. The summed E-state index contributed by atoms with van der Waals surface area (Å²) >= 11 is 1.73. The second-order valence-electron chi connectivity index (χ2n) is 5.38. The lowest BCUT2D eigenvalue weighted by molar-refractivity contribution is -0.131. The molecule has 2 aliphatic heterocycles. The van der Waals surface area contributed by atoms with Crippen molar-refractivity contribution in [1.29, 1.82) is 0 Å². The topological polar surface area (TPSA) is 54.5 Å². The van der Waals surface area contributed by atoms with Crippen LogP contribution < -0.4 is 5.32 Å². The second kappa shape index (κ2) is 5.72. The number of anilines is 1. The molecule has 4 rings (SSSR count). The van der Waals surface area contributed by atoms with Crippen LogP contribution in [0.5, 0.6) is 0 Å². The zero-order valence-corrected chi connectivity index (χ0v) is 13.3. The molecule has 0 radical (unpaired) electrons. The van der Waals surface area contributed by atoms with Crippen LogP contribution >= 0.6 is 11.8 Å². The standard InChI is InChI=1S/C17H15N3O2S/c1-20-15(17(21)19-14-8-4-5-9-18-14)12-10-23-13-7-3-2-6-11(13)16(12)22-20/h2-9,15H,10H2,1H3,(H,18,19,21). The fourth-order valence-electron chi connectivity index (χ4n) is 2.86. The number of nitrogens with zero attached hydrogens (tertiary/aromatic N) is 2. The summed E-state index contributed by atoms with van der Waals surface area (Å²) in [5.41, 5.74) is 2.06. The summed E-state index contributed by atoms with van der Waals surface area (Å²) in [6.07, 6.45) is 1.65. The Morgan fingerprint density at radius 2 is 2.13 bits per heavy atom. The van der Waals surface area contributed by atoms with Crippen LogP contribution in [0.3, 0.4) is 0 Å². The van der Waals surface area contributed by atoms with Crippen LogP contribution in [0.4, 0.5) is 5.82 Å². The van der Waals surface area contributed by atoms with E-state index in [0.29, 0.717) is 5.82 Å². The minimum absolute atomic E-state index is 0.129. The third-order valence-corrected chi connectivity index (χ3v) is 5.02. The van der Waals surface area contributed by atoms with Gasteiger partial charge in [0.15, 0.2) is 11.8 Å². The summed E-state index contributed by atoms with van der Waals surface area (Å²) in [4.78, 5) is 23.9. The molecule has 3 heterocycles. The highest BCUT2D eigenvalue weighted by Crippen LogP contribution is 2.43. The number of nitrogens with one attached hydrogen (secondary N) is 1. The first-order valence-corrected chi connectivity index (χ1v) is 8.30. The van der Waals surface area contributed by atoms with E-state index in [1.807, 2.05) is 30.3 Å². The number of likely N-dealkylation sites (N-methyl/N-ethyl adjacent to an activating group) is 1. The molecule has 0 aliphatic carbocycles. The number of hydrogen-bond acceptors (Lipinski definition) is 5. The molecule has 2 aromatic rings. The number of pyridine rings is 1. The second-order valence-corrected chi connectivity index (χ2v) is 6.40. The van der Waals surface area contributed by atoms with Gasteiger partial charge < -0.3 is 10.2 Å². The van der Waals surface area contributed by atoms with Gasteiger partial charge in [-0.3, -0.25) is 4.79 Å². The Bertz CT molecular complexity index is 791. The lowest BCUT2D eigenvalue weighted by Crippen LogP contribution is -2.39. The van der Waals surface area contributed by atoms with Gasteiger partial charge in [0.25, 0.3) is 5.91 Å². The number of carbonyl (C=O) groups is 1. The van der Waals surface area contributed by atoms with E-state index in [4.69, 9.17) is 4.84 Å². The predicted molar refractivity (Wildman–Crippen MR) is 89.6 cm³/mol. The van der Waals surface area contributed by atoms with Crippen molar-refractivity contribution in [3.05, 3.63) is 59.8 Å². The van der Waals surface area contributed by atoms with Crippen molar-refractivity contribution in [3.8, 4) is 0 Å². The molecule has 0 saturated carbocycles. The van der Waals surface area contributed by atoms with Crippen molar-refractivity contribution in [2.45, 2.75) is 10.9 Å². The van der Waals surface area contributed by atoms with Gasteiger partial charge in [0, 0.05) is 35.0 Å². The third kappa shape index (κ3) is 2.50. The lowest BCUT2D eigenvalue weighted by Gasteiger charge is -2.19. The maximum atomic E-state index is 12.7. The Morgan fingerprint density at radius 3 is 2.96 bits per heavy atom. The largest absolute Gasteiger partial charge is 0.404 e. The smallest absolute Gasteiger partial charge is 0.250 e. The first-order chi connectivity index (χ1) is 11.2. The Balaban J connectivity index is 1.65. The van der Waals surface area contributed by atoms with E-state index in [-0.39, 0.29) is 5.91 Å². The van der Waals surface area contributed by atoms with Crippen molar-refractivity contribution in [2.24, 2.45) is 0 Å². The minimum Gasteiger partial charge on any atom is -0.404 e. The van der Waals surface area contributed by atoms with Crippen LogP contribution in [-0.2, 0) is 9.63 Å². The fourth-order valence-corrected chi connectivity index (χ4v) is 3.95. The van der Waals surface area contributed by atoms with Crippen molar-refractivity contribution in [3.63, 3.8) is 0 Å². The molecule has 116 valence electrons. The Labute approximate surface area is 138 Å². The highest BCUT2D eigenvalue weighted by Gasteiger charge is 2.41. The average Bonchev–Trinajstić information content (AvgIpc) is 2.92. The summed E-state index contributed by atoms with van der Waals surface area (Å²) < 4.78 is 0. The van der Waals surface area contributed by atoms with Gasteiger partial charge in [0.2, 0.25) is 0 Å². The van der Waals surface area contributed by atoms with Gasteiger partial charge >= 0.3 is 0 Å². The molecule has 1 aromatic heterocycles. The first-order valence-electron chi connectivity index (χ1n) is 7.32. The number of carbonyl (C=O) groups excluding carboxylic acids is 1. The number of thioether (sulfide) groups is 1. The summed E-state index contributed by atoms with van der Waals surface area (Å²) in [6, 6.07) is 13.1. The highest BCUT2D eigenvalue weighted by atomic mass is 32.2. The van der Waals surface area contributed by atoms with Crippen LogP contribution in [0.15, 0.2) is 59.1 Å². The maximum Gasteiger partial charge on any atom is 0.250 e. The lowest BCUT2D eigenvalue weighted by atomic mass is 10.0. The minimum atomic E-state index is -0.437. The summed E-state index contributed by atoms with van der Waals surface area (Å²) in [5.74, 6) is 1.97. The zero-order valence-electron chi connectivity index (χ0n) is 12.5. The zero-order chi connectivity index (χ0) is 15.8. The van der Waals surface area contributed by atoms with Crippen LogP contribution in [-0.4, -0.2) is 34.8 Å². The SMILES string of the molecule is CN1OC2=C(CSc3ccccc32)C1C(=O)Nc1ccccn1. The number of hydroxylamine groups is 2. The molecule has 1 atom stereocenters. The Morgan fingerprint density at radius 1 is 1.30 bits per heavy atom. The molecular weight excluding hydrogens is 310 g/mol. The first kappa shape index (κ1) is 14.3. The van der Waals surface area contributed by atoms with Crippen LogP contribution in [0.1, 0.15) is 5.56 Å². The number of fused-ring (bicyclic) bond motifs is 2. The van der Waals surface area contributed by atoms with Gasteiger partial charge in [-0.2, -0.15) is 0 Å². The van der Waals surface area contributed by atoms with Crippen molar-refractivity contribution < 1.29 is 9.63 Å². The van der Waals surface area contributed by atoms with Gasteiger partial charge in [0.1, 0.15) is 5.82 Å². The van der Waals surface area contributed by atoms with E-state index in [1.54, 1.807) is 36.1 Å². The van der Waals surface area contributed by atoms with Gasteiger partial charge in [0.05, 0.1) is 0 Å². The molecular formula is C17H15N3O2S. The number of amides is 1. The number of rotatable bonds is 2. The van der Waals surface area contributed by atoms with Gasteiger partial charge in [-0.15, -0.1) is 16.8 Å². The van der Waals surface area contributed by atoms with Gasteiger partial charge in [-0.1, -0.05) is 24.3 Å². The molecule has 0 fully saturated rings. The third-order valence-electron chi connectivity index (χ3n) is 3.90. The molecule has 1 N–H and O–H groups in total. The van der Waals surface area contributed by atoms with E-state index in [2.05, 4.69) is 16.4 Å². The predicted octanol–water partition coefficient (Wildman–Crippen LogP) is 2.78. The molecule has 5 nitrogen and oxygen atoms in total. The Hall–Kier alpha value is -2.31. The van der Waals surface area contributed by atoms with Gasteiger partial charge in [-0.05, 0) is 18.2 Å². The molecule has 0 spiro atoms. The van der Waals surface area contributed by atoms with E-state index < -0.39 is 6.04 Å². The summed E-state index contributed by atoms with van der Waals surface area (Å²) in [6.45, 7) is 0. The van der Waals surface area contributed by atoms with Crippen LogP contribution in [0, 0.1) is 0 Å². The fraction of sp³-hybridized carbons (Fsp3) is 0.176. The van der Waals surface area contributed by atoms with E-state index in [0.717, 1.165) is 22.6 Å². The van der Waals surface area contributed by atoms with Crippen molar-refractivity contribution in [1.82, 2.24) is 10.0 Å². The number of hydrogen-bond donors (Lipinski definition) is 1. The molecule has 1 aromatic carbocycles. The van der Waals surface area contributed by atoms with Crippen LogP contribution in [0.2, 0.25) is 0 Å². The molecule has 6 heteroatoms. The molecule has 2 aliphatic rings. The molecule has 0 saturated heterocycles. The average molecular weight is 325 g/mol. The monoisotopic (exact) mass is 325 g/mol. The summed E-state index contributed by atoms with van der Waals surface area (Å²) in [7, 11) is 1.79. The van der Waals surface area contributed by atoms with Gasteiger partial charge in [-0.25, -0.2) is 4.98 Å². The molecule has 0 bridgehead atoms. The quantitative estimate of drug-likeness (QED) is 0.920. The summed E-state index contributed by atoms with van der Waals surface area (Å²) in [5, 5.41) is 4.47. The van der Waals surface area contributed by atoms with Crippen molar-refractivity contribution in [2.75, 3.05) is 18.1 Å². The van der Waals surface area contributed by atoms with E-state index in [9.17, 15) is 4.79 Å². The van der Waals surface area contributed by atoms with Crippen molar-refractivity contribution >= 4 is 29.2 Å². The van der Waals surface area contributed by atoms with E-state index >= 15 is 0 Å².